The molecule has 0 spiro atoms. The average Bonchev–Trinajstić information content (AvgIpc) is 2.81. The largest absolute Gasteiger partial charge is 0.470 e. The van der Waals surface area contributed by atoms with Crippen LogP contribution in [0, 0.1) is 0 Å². The van der Waals surface area contributed by atoms with Crippen LogP contribution >= 0.6 is 15.9 Å². The van der Waals surface area contributed by atoms with Crippen molar-refractivity contribution in [2.24, 2.45) is 0 Å². The van der Waals surface area contributed by atoms with Gasteiger partial charge in [0.2, 0.25) is 0 Å². The molecule has 1 aromatic heterocycles. The van der Waals surface area contributed by atoms with E-state index in [0.29, 0.717) is 22.7 Å². The average molecular weight is 324 g/mol. The SMILES string of the molecule is C=C[C@H](OC)c1onc(OCc2ccccc2)c1Br. The second kappa shape index (κ2) is 6.54. The van der Waals surface area contributed by atoms with Crippen molar-refractivity contribution < 1.29 is 14.0 Å². The zero-order valence-corrected chi connectivity index (χ0v) is 12.1. The van der Waals surface area contributed by atoms with Crippen molar-refractivity contribution >= 4 is 15.9 Å². The van der Waals surface area contributed by atoms with Gasteiger partial charge in [-0.25, -0.2) is 0 Å². The van der Waals surface area contributed by atoms with Gasteiger partial charge in [0.05, 0.1) is 0 Å². The van der Waals surface area contributed by atoms with Crippen LogP contribution in [0.1, 0.15) is 17.4 Å². The van der Waals surface area contributed by atoms with Crippen molar-refractivity contribution in [3.8, 4) is 5.88 Å². The lowest BCUT2D eigenvalue weighted by Crippen LogP contribution is -1.97. The van der Waals surface area contributed by atoms with E-state index in [2.05, 4.69) is 27.7 Å². The minimum atomic E-state index is -0.351. The number of methoxy groups -OCH3 is 1. The van der Waals surface area contributed by atoms with E-state index in [1.165, 1.54) is 0 Å². The first kappa shape index (κ1) is 13.8. The van der Waals surface area contributed by atoms with Gasteiger partial charge in [-0.05, 0) is 26.7 Å². The minimum absolute atomic E-state index is 0.351. The Morgan fingerprint density at radius 3 is 2.79 bits per heavy atom. The second-order valence-corrected chi connectivity index (χ2v) is 4.63. The Kier molecular flexibility index (Phi) is 4.76. The van der Waals surface area contributed by atoms with E-state index >= 15 is 0 Å². The van der Waals surface area contributed by atoms with Gasteiger partial charge in [0.1, 0.15) is 17.2 Å². The predicted molar refractivity (Wildman–Crippen MR) is 74.9 cm³/mol. The van der Waals surface area contributed by atoms with Gasteiger partial charge in [-0.2, -0.15) is 0 Å². The zero-order chi connectivity index (χ0) is 13.7. The molecule has 0 aliphatic heterocycles. The molecule has 0 amide bonds. The number of hydrogen-bond acceptors (Lipinski definition) is 4. The number of benzene rings is 1. The summed E-state index contributed by atoms with van der Waals surface area (Å²) in [7, 11) is 1.58. The number of aromatic nitrogens is 1. The van der Waals surface area contributed by atoms with Crippen LogP contribution in [-0.2, 0) is 11.3 Å². The maximum Gasteiger partial charge on any atom is 0.269 e. The summed E-state index contributed by atoms with van der Waals surface area (Å²) in [5, 5.41) is 3.88. The molecule has 0 aliphatic rings. The highest BCUT2D eigenvalue weighted by atomic mass is 79.9. The predicted octanol–water partition coefficient (Wildman–Crippen LogP) is 3.89. The molecule has 4 nitrogen and oxygen atoms in total. The molecule has 0 unspecified atom stereocenters. The normalized spacial score (nSPS) is 12.1. The smallest absolute Gasteiger partial charge is 0.269 e. The van der Waals surface area contributed by atoms with Gasteiger partial charge in [0.25, 0.3) is 5.88 Å². The fourth-order valence-electron chi connectivity index (χ4n) is 1.58. The van der Waals surface area contributed by atoms with E-state index in [0.717, 1.165) is 5.56 Å². The molecular formula is C14H14BrNO3. The maximum absolute atomic E-state index is 5.60. The Bertz CT molecular complexity index is 539. The molecule has 0 N–H and O–H groups in total. The molecule has 19 heavy (non-hydrogen) atoms. The number of ether oxygens (including phenoxy) is 2. The summed E-state index contributed by atoms with van der Waals surface area (Å²) < 4.78 is 16.7. The van der Waals surface area contributed by atoms with Crippen LogP contribution in [0.25, 0.3) is 0 Å². The Morgan fingerprint density at radius 1 is 1.42 bits per heavy atom. The third-order valence-electron chi connectivity index (χ3n) is 2.58. The summed E-state index contributed by atoms with van der Waals surface area (Å²) in [6.07, 6.45) is 1.28. The lowest BCUT2D eigenvalue weighted by molar-refractivity contribution is 0.114. The molecule has 1 aromatic carbocycles. The van der Waals surface area contributed by atoms with Crippen molar-refractivity contribution in [3.05, 3.63) is 58.8 Å². The van der Waals surface area contributed by atoms with Crippen LogP contribution in [0.3, 0.4) is 0 Å². The number of halogens is 1. The highest BCUT2D eigenvalue weighted by Crippen LogP contribution is 2.34. The van der Waals surface area contributed by atoms with Crippen molar-refractivity contribution in [1.82, 2.24) is 5.16 Å². The molecule has 100 valence electrons. The van der Waals surface area contributed by atoms with E-state index in [1.54, 1.807) is 13.2 Å². The fourth-order valence-corrected chi connectivity index (χ4v) is 2.06. The molecular weight excluding hydrogens is 310 g/mol. The lowest BCUT2D eigenvalue weighted by Gasteiger charge is -2.06. The van der Waals surface area contributed by atoms with E-state index < -0.39 is 0 Å². The Labute approximate surface area is 120 Å². The third kappa shape index (κ3) is 3.24. The van der Waals surface area contributed by atoms with E-state index in [-0.39, 0.29) is 6.10 Å². The Balaban J connectivity index is 2.08. The summed E-state index contributed by atoms with van der Waals surface area (Å²) in [6.45, 7) is 4.11. The fraction of sp³-hybridized carbons (Fsp3) is 0.214. The Morgan fingerprint density at radius 2 is 2.16 bits per heavy atom. The van der Waals surface area contributed by atoms with E-state index in [1.807, 2.05) is 30.3 Å². The van der Waals surface area contributed by atoms with Crippen LogP contribution in [0.15, 0.2) is 52.0 Å². The topological polar surface area (TPSA) is 44.5 Å². The monoisotopic (exact) mass is 323 g/mol. The first-order chi connectivity index (χ1) is 9.26. The highest BCUT2D eigenvalue weighted by Gasteiger charge is 2.21. The first-order valence-corrected chi connectivity index (χ1v) is 6.52. The molecule has 0 aliphatic carbocycles. The van der Waals surface area contributed by atoms with Crippen molar-refractivity contribution in [1.29, 1.82) is 0 Å². The van der Waals surface area contributed by atoms with Gasteiger partial charge in [0, 0.05) is 7.11 Å². The quantitative estimate of drug-likeness (QED) is 0.756. The van der Waals surface area contributed by atoms with Crippen LogP contribution in [0.2, 0.25) is 0 Å². The number of nitrogens with zero attached hydrogens (tertiary/aromatic N) is 1. The summed E-state index contributed by atoms with van der Waals surface area (Å²) >= 11 is 3.40. The van der Waals surface area contributed by atoms with E-state index in [9.17, 15) is 0 Å². The molecule has 0 bridgehead atoms. The van der Waals surface area contributed by atoms with Crippen LogP contribution in [0.4, 0.5) is 0 Å². The van der Waals surface area contributed by atoms with Gasteiger partial charge in [0.15, 0.2) is 5.76 Å². The summed E-state index contributed by atoms with van der Waals surface area (Å²) in [4.78, 5) is 0. The molecule has 2 aromatic rings. The molecule has 0 saturated heterocycles. The van der Waals surface area contributed by atoms with Gasteiger partial charge < -0.3 is 14.0 Å². The molecule has 5 heteroatoms. The summed E-state index contributed by atoms with van der Waals surface area (Å²) in [5.41, 5.74) is 1.06. The van der Waals surface area contributed by atoms with Crippen LogP contribution in [0.5, 0.6) is 5.88 Å². The highest BCUT2D eigenvalue weighted by molar-refractivity contribution is 9.10. The molecule has 2 rings (SSSR count). The maximum atomic E-state index is 5.60. The minimum Gasteiger partial charge on any atom is -0.470 e. The van der Waals surface area contributed by atoms with Crippen molar-refractivity contribution in [2.45, 2.75) is 12.7 Å². The molecule has 1 atom stereocenters. The van der Waals surface area contributed by atoms with Gasteiger partial charge >= 0.3 is 0 Å². The van der Waals surface area contributed by atoms with Crippen LogP contribution < -0.4 is 4.74 Å². The lowest BCUT2D eigenvalue weighted by atomic mass is 10.2. The molecule has 0 radical (unpaired) electrons. The molecule has 0 saturated carbocycles. The van der Waals surface area contributed by atoms with Crippen molar-refractivity contribution in [3.63, 3.8) is 0 Å². The summed E-state index contributed by atoms with van der Waals surface area (Å²) in [5.74, 6) is 0.948. The third-order valence-corrected chi connectivity index (χ3v) is 3.31. The van der Waals surface area contributed by atoms with Gasteiger partial charge in [-0.15, -0.1) is 6.58 Å². The molecule has 0 fully saturated rings. The first-order valence-electron chi connectivity index (χ1n) is 5.73. The Hall–Kier alpha value is -1.59. The van der Waals surface area contributed by atoms with Crippen molar-refractivity contribution in [2.75, 3.05) is 7.11 Å². The zero-order valence-electron chi connectivity index (χ0n) is 10.5. The van der Waals surface area contributed by atoms with Gasteiger partial charge in [-0.1, -0.05) is 36.4 Å². The standard InChI is InChI=1S/C14H14BrNO3/c1-3-11(17-2)13-12(15)14(16-19-13)18-9-10-7-5-4-6-8-10/h3-8,11H,1,9H2,2H3/t11-/m0/s1. The van der Waals surface area contributed by atoms with Gasteiger partial charge in [-0.3, -0.25) is 0 Å². The van der Waals surface area contributed by atoms with E-state index in [4.69, 9.17) is 14.0 Å². The number of rotatable bonds is 6. The summed E-state index contributed by atoms with van der Waals surface area (Å²) in [6, 6.07) is 9.84. The molecule has 1 heterocycles. The second-order valence-electron chi connectivity index (χ2n) is 3.83. The number of hydrogen-bond donors (Lipinski definition) is 0. The van der Waals surface area contributed by atoms with Crippen LogP contribution in [-0.4, -0.2) is 12.3 Å².